The van der Waals surface area contributed by atoms with Gasteiger partial charge in [0.25, 0.3) is 0 Å². The van der Waals surface area contributed by atoms with Gasteiger partial charge in [-0.3, -0.25) is 9.69 Å². The Morgan fingerprint density at radius 3 is 2.53 bits per heavy atom. The quantitative estimate of drug-likeness (QED) is 0.374. The maximum atomic E-state index is 13.3. The van der Waals surface area contributed by atoms with Crippen LogP contribution >= 0.6 is 11.3 Å². The molecule has 8 heteroatoms. The number of hydrogen-bond acceptors (Lipinski definition) is 6. The van der Waals surface area contributed by atoms with Crippen molar-refractivity contribution in [3.63, 3.8) is 0 Å². The number of carbonyl (C=O) groups is 1. The van der Waals surface area contributed by atoms with E-state index < -0.39 is 15.1 Å². The first-order chi connectivity index (χ1) is 15.2. The summed E-state index contributed by atoms with van der Waals surface area (Å²) in [5.74, 6) is 0.517. The third-order valence-electron chi connectivity index (χ3n) is 5.19. The van der Waals surface area contributed by atoms with Crippen molar-refractivity contribution in [3.8, 4) is 0 Å². The van der Waals surface area contributed by atoms with Crippen molar-refractivity contribution in [1.82, 2.24) is 4.98 Å². The van der Waals surface area contributed by atoms with Crippen molar-refractivity contribution in [3.05, 3.63) is 77.7 Å². The summed E-state index contributed by atoms with van der Waals surface area (Å²) in [6.45, 7) is 5.59. The molecule has 4 aromatic rings. The van der Waals surface area contributed by atoms with E-state index in [1.807, 2.05) is 25.1 Å². The first kappa shape index (κ1) is 22.2. The van der Waals surface area contributed by atoms with Crippen LogP contribution in [0.5, 0.6) is 0 Å². The normalized spacial score (nSPS) is 11.9. The molecule has 0 saturated heterocycles. The first-order valence-electron chi connectivity index (χ1n) is 10.3. The van der Waals surface area contributed by atoms with E-state index in [9.17, 15) is 13.2 Å². The van der Waals surface area contributed by atoms with Crippen LogP contribution in [0.1, 0.15) is 30.7 Å². The van der Waals surface area contributed by atoms with E-state index in [2.05, 4.69) is 11.1 Å². The van der Waals surface area contributed by atoms with Gasteiger partial charge in [0.2, 0.25) is 5.91 Å². The molecular weight excluding hydrogens is 444 g/mol. The molecule has 1 amide bonds. The highest BCUT2D eigenvalue weighted by molar-refractivity contribution is 7.92. The molecule has 0 fully saturated rings. The third kappa shape index (κ3) is 4.61. The summed E-state index contributed by atoms with van der Waals surface area (Å²) < 4.78 is 31.2. The lowest BCUT2D eigenvalue weighted by molar-refractivity contribution is -0.118. The van der Waals surface area contributed by atoms with Crippen LogP contribution in [0.25, 0.3) is 10.2 Å². The number of anilines is 1. The van der Waals surface area contributed by atoms with Gasteiger partial charge in [-0.05, 0) is 68.3 Å². The fourth-order valence-corrected chi connectivity index (χ4v) is 5.44. The summed E-state index contributed by atoms with van der Waals surface area (Å²) in [6, 6.07) is 16.1. The van der Waals surface area contributed by atoms with Gasteiger partial charge >= 0.3 is 0 Å². The van der Waals surface area contributed by atoms with Crippen LogP contribution in [0.3, 0.4) is 0 Å². The van der Waals surface area contributed by atoms with Crippen LogP contribution < -0.4 is 4.90 Å². The summed E-state index contributed by atoms with van der Waals surface area (Å²) in [5.41, 5.74) is 2.71. The standard InChI is InChI=1S/C24H24N2O4S2/c1-16(2)32(28,29)20-9-7-18(8-10-20)14-23(27)26(15-19-5-4-12-30-19)24-25-21-11-6-17(3)13-22(21)31-24/h4-13,16H,14-15H2,1-3H3. The van der Waals surface area contributed by atoms with Gasteiger partial charge in [-0.1, -0.05) is 29.5 Å². The number of benzene rings is 2. The number of carbonyl (C=O) groups excluding carboxylic acids is 1. The Balaban J connectivity index is 1.61. The highest BCUT2D eigenvalue weighted by Crippen LogP contribution is 2.31. The molecule has 2 heterocycles. The Hall–Kier alpha value is -2.97. The average molecular weight is 469 g/mol. The van der Waals surface area contributed by atoms with E-state index in [1.54, 1.807) is 55.3 Å². The molecule has 0 unspecified atom stereocenters. The van der Waals surface area contributed by atoms with E-state index in [0.717, 1.165) is 21.3 Å². The Morgan fingerprint density at radius 2 is 1.88 bits per heavy atom. The molecule has 0 spiro atoms. The number of fused-ring (bicyclic) bond motifs is 1. The highest BCUT2D eigenvalue weighted by atomic mass is 32.2. The molecule has 2 aromatic carbocycles. The Labute approximate surface area is 191 Å². The predicted octanol–water partition coefficient (Wildman–Crippen LogP) is 5.16. The molecule has 0 aliphatic rings. The molecule has 166 valence electrons. The Morgan fingerprint density at radius 1 is 1.12 bits per heavy atom. The zero-order valence-electron chi connectivity index (χ0n) is 18.1. The predicted molar refractivity (Wildman–Crippen MR) is 127 cm³/mol. The van der Waals surface area contributed by atoms with Crippen molar-refractivity contribution >= 4 is 42.4 Å². The van der Waals surface area contributed by atoms with E-state index >= 15 is 0 Å². The van der Waals surface area contributed by atoms with Gasteiger partial charge in [-0.2, -0.15) is 0 Å². The minimum absolute atomic E-state index is 0.123. The molecule has 0 atom stereocenters. The third-order valence-corrected chi connectivity index (χ3v) is 8.40. The van der Waals surface area contributed by atoms with Crippen molar-refractivity contribution in [2.24, 2.45) is 0 Å². The average Bonchev–Trinajstić information content (AvgIpc) is 3.41. The van der Waals surface area contributed by atoms with Crippen molar-refractivity contribution in [2.45, 2.75) is 43.9 Å². The van der Waals surface area contributed by atoms with E-state index in [1.165, 1.54) is 11.3 Å². The number of aromatic nitrogens is 1. The number of nitrogens with zero attached hydrogens (tertiary/aromatic N) is 2. The fourth-order valence-electron chi connectivity index (χ4n) is 3.30. The topological polar surface area (TPSA) is 80.5 Å². The van der Waals surface area contributed by atoms with E-state index in [4.69, 9.17) is 4.42 Å². The monoisotopic (exact) mass is 468 g/mol. The van der Waals surface area contributed by atoms with Crippen LogP contribution in [0.2, 0.25) is 0 Å². The van der Waals surface area contributed by atoms with Gasteiger partial charge in [0.15, 0.2) is 15.0 Å². The minimum atomic E-state index is -3.35. The number of thiazole rings is 1. The number of hydrogen-bond donors (Lipinski definition) is 0. The molecule has 0 N–H and O–H groups in total. The fraction of sp³-hybridized carbons (Fsp3) is 0.250. The lowest BCUT2D eigenvalue weighted by Gasteiger charge is -2.19. The number of furan rings is 1. The zero-order chi connectivity index (χ0) is 22.9. The van der Waals surface area contributed by atoms with Gasteiger partial charge in [0.1, 0.15) is 5.76 Å². The molecule has 0 aliphatic carbocycles. The SMILES string of the molecule is Cc1ccc2nc(N(Cc3ccco3)C(=O)Cc3ccc(S(=O)(=O)C(C)C)cc3)sc2c1. The van der Waals surface area contributed by atoms with Crippen molar-refractivity contribution in [2.75, 3.05) is 4.90 Å². The first-order valence-corrected chi connectivity index (χ1v) is 12.6. The minimum Gasteiger partial charge on any atom is -0.467 e. The summed E-state index contributed by atoms with van der Waals surface area (Å²) in [7, 11) is -3.35. The van der Waals surface area contributed by atoms with Crippen molar-refractivity contribution < 1.29 is 17.6 Å². The van der Waals surface area contributed by atoms with E-state index in [0.29, 0.717) is 10.9 Å². The largest absolute Gasteiger partial charge is 0.467 e. The van der Waals surface area contributed by atoms with E-state index in [-0.39, 0.29) is 23.8 Å². The van der Waals surface area contributed by atoms with Crippen LogP contribution in [0.15, 0.2) is 70.2 Å². The highest BCUT2D eigenvalue weighted by Gasteiger charge is 2.23. The van der Waals surface area contributed by atoms with Crippen LogP contribution in [-0.2, 0) is 27.6 Å². The maximum absolute atomic E-state index is 13.3. The molecule has 6 nitrogen and oxygen atoms in total. The summed E-state index contributed by atoms with van der Waals surface area (Å²) in [6.07, 6.45) is 1.70. The Bertz CT molecular complexity index is 1340. The second-order valence-corrected chi connectivity index (χ2v) is 11.5. The van der Waals surface area contributed by atoms with Crippen LogP contribution in [-0.4, -0.2) is 24.6 Å². The van der Waals surface area contributed by atoms with Gasteiger partial charge < -0.3 is 4.42 Å². The van der Waals surface area contributed by atoms with Crippen LogP contribution in [0.4, 0.5) is 5.13 Å². The Kier molecular flexibility index (Phi) is 6.17. The number of sulfone groups is 1. The molecule has 0 aliphatic heterocycles. The summed E-state index contributed by atoms with van der Waals surface area (Å²) >= 11 is 1.46. The zero-order valence-corrected chi connectivity index (χ0v) is 19.7. The number of aryl methyl sites for hydroxylation is 1. The van der Waals surface area contributed by atoms with Crippen molar-refractivity contribution in [1.29, 1.82) is 0 Å². The summed E-state index contributed by atoms with van der Waals surface area (Å²) in [5, 5.41) is 0.104. The van der Waals surface area contributed by atoms with Gasteiger partial charge in [0, 0.05) is 0 Å². The molecule has 32 heavy (non-hydrogen) atoms. The molecular formula is C24H24N2O4S2. The molecule has 2 aromatic heterocycles. The lowest BCUT2D eigenvalue weighted by atomic mass is 10.1. The second-order valence-electron chi connectivity index (χ2n) is 7.94. The molecule has 0 bridgehead atoms. The molecule has 4 rings (SSSR count). The number of amides is 1. The molecule has 0 radical (unpaired) electrons. The number of rotatable bonds is 7. The second kappa shape index (κ2) is 8.88. The summed E-state index contributed by atoms with van der Waals surface area (Å²) in [4.78, 5) is 19.9. The maximum Gasteiger partial charge on any atom is 0.233 e. The lowest BCUT2D eigenvalue weighted by Crippen LogP contribution is -2.31. The van der Waals surface area contributed by atoms with Gasteiger partial charge in [0.05, 0.1) is 39.6 Å². The smallest absolute Gasteiger partial charge is 0.233 e. The van der Waals surface area contributed by atoms with Gasteiger partial charge in [-0.25, -0.2) is 13.4 Å². The van der Waals surface area contributed by atoms with Gasteiger partial charge in [-0.15, -0.1) is 0 Å². The molecule has 0 saturated carbocycles. The van der Waals surface area contributed by atoms with Crippen LogP contribution in [0, 0.1) is 6.92 Å².